The summed E-state index contributed by atoms with van der Waals surface area (Å²) >= 11 is 0. The lowest BCUT2D eigenvalue weighted by atomic mass is 9.98. The summed E-state index contributed by atoms with van der Waals surface area (Å²) in [5.74, 6) is -0.397. The molecule has 0 aliphatic carbocycles. The van der Waals surface area contributed by atoms with Crippen LogP contribution in [0, 0.1) is 31.0 Å². The topological polar surface area (TPSA) is 59.3 Å². The Morgan fingerprint density at radius 2 is 1.88 bits per heavy atom. The maximum absolute atomic E-state index is 13.0. The van der Waals surface area contributed by atoms with Crippen molar-refractivity contribution in [2.75, 3.05) is 6.61 Å². The van der Waals surface area contributed by atoms with E-state index in [1.807, 2.05) is 32.0 Å². The number of ether oxygens (including phenoxy) is 2. The first kappa shape index (κ1) is 19.2. The molecule has 0 fully saturated rings. The quantitative estimate of drug-likeness (QED) is 0.436. The first-order valence-electron chi connectivity index (χ1n) is 8.22. The first-order valence-corrected chi connectivity index (χ1v) is 8.22. The smallest absolute Gasteiger partial charge is 0.348 e. The van der Waals surface area contributed by atoms with Crippen molar-refractivity contribution in [3.05, 3.63) is 70.0 Å². The van der Waals surface area contributed by atoms with Crippen molar-refractivity contribution in [2.24, 2.45) is 0 Å². The van der Waals surface area contributed by atoms with Gasteiger partial charge in [0.25, 0.3) is 0 Å². The third-order valence-corrected chi connectivity index (χ3v) is 3.85. The number of hydrogen-bond acceptors (Lipinski definition) is 4. The zero-order chi connectivity index (χ0) is 19.1. The SMILES string of the molecule is CCOC(=O)/C(C#N)=C/c1cc(COc2ccc(F)cc2)c(C)cc1C. The standard InChI is InChI=1S/C21H20FNO3/c1-4-25-21(24)17(12-23)10-16-11-18(15(3)9-14(16)2)13-26-20-7-5-19(22)6-8-20/h5-11H,4,13H2,1-3H3/b17-10+. The number of carbonyl (C=O) groups excluding carboxylic acids is 1. The summed E-state index contributed by atoms with van der Waals surface area (Å²) in [6, 6.07) is 11.5. The highest BCUT2D eigenvalue weighted by atomic mass is 19.1. The van der Waals surface area contributed by atoms with E-state index < -0.39 is 5.97 Å². The molecule has 0 bridgehead atoms. The molecule has 0 aromatic heterocycles. The monoisotopic (exact) mass is 353 g/mol. The number of aryl methyl sites for hydroxylation is 2. The molecule has 0 aliphatic heterocycles. The molecule has 0 unspecified atom stereocenters. The first-order chi connectivity index (χ1) is 12.4. The van der Waals surface area contributed by atoms with E-state index in [2.05, 4.69) is 0 Å². The van der Waals surface area contributed by atoms with Gasteiger partial charge in [-0.05, 0) is 79.4 Å². The Labute approximate surface area is 152 Å². The lowest BCUT2D eigenvalue weighted by Gasteiger charge is -2.12. The van der Waals surface area contributed by atoms with Gasteiger partial charge in [-0.25, -0.2) is 9.18 Å². The zero-order valence-corrected chi connectivity index (χ0v) is 15.0. The van der Waals surface area contributed by atoms with Gasteiger partial charge < -0.3 is 9.47 Å². The number of nitriles is 1. The fraction of sp³-hybridized carbons (Fsp3) is 0.238. The van der Waals surface area contributed by atoms with Crippen molar-refractivity contribution in [1.82, 2.24) is 0 Å². The highest BCUT2D eigenvalue weighted by molar-refractivity contribution is 5.98. The third kappa shape index (κ3) is 4.93. The van der Waals surface area contributed by atoms with Crippen LogP contribution in [0.5, 0.6) is 5.75 Å². The van der Waals surface area contributed by atoms with Crippen LogP contribution in [-0.2, 0) is 16.1 Å². The molecule has 0 radical (unpaired) electrons. The summed E-state index contributed by atoms with van der Waals surface area (Å²) in [5, 5.41) is 9.20. The van der Waals surface area contributed by atoms with E-state index >= 15 is 0 Å². The van der Waals surface area contributed by atoms with Gasteiger partial charge in [-0.15, -0.1) is 0 Å². The second-order valence-electron chi connectivity index (χ2n) is 5.77. The van der Waals surface area contributed by atoms with Gasteiger partial charge >= 0.3 is 5.97 Å². The van der Waals surface area contributed by atoms with E-state index in [0.717, 1.165) is 22.3 Å². The van der Waals surface area contributed by atoms with Crippen molar-refractivity contribution in [3.63, 3.8) is 0 Å². The van der Waals surface area contributed by atoms with Gasteiger partial charge in [0.1, 0.15) is 29.8 Å². The van der Waals surface area contributed by atoms with E-state index in [4.69, 9.17) is 9.47 Å². The highest BCUT2D eigenvalue weighted by Crippen LogP contribution is 2.21. The Kier molecular flexibility index (Phi) is 6.51. The molecule has 2 aromatic rings. The summed E-state index contributed by atoms with van der Waals surface area (Å²) < 4.78 is 23.5. The Bertz CT molecular complexity index is 864. The lowest BCUT2D eigenvalue weighted by Crippen LogP contribution is -2.06. The van der Waals surface area contributed by atoms with Crippen molar-refractivity contribution in [1.29, 1.82) is 5.26 Å². The van der Waals surface area contributed by atoms with E-state index in [1.165, 1.54) is 18.2 Å². The minimum absolute atomic E-state index is 0.0517. The van der Waals surface area contributed by atoms with Crippen LogP contribution >= 0.6 is 0 Å². The third-order valence-electron chi connectivity index (χ3n) is 3.85. The minimum atomic E-state index is -0.640. The molecular formula is C21H20FNO3. The van der Waals surface area contributed by atoms with Crippen LogP contribution in [0.3, 0.4) is 0 Å². The molecule has 26 heavy (non-hydrogen) atoms. The minimum Gasteiger partial charge on any atom is -0.489 e. The summed E-state index contributed by atoms with van der Waals surface area (Å²) in [7, 11) is 0. The molecule has 0 saturated carbocycles. The van der Waals surface area contributed by atoms with Gasteiger partial charge in [-0.3, -0.25) is 0 Å². The van der Waals surface area contributed by atoms with Gasteiger partial charge in [0.05, 0.1) is 6.61 Å². The highest BCUT2D eigenvalue weighted by Gasteiger charge is 2.12. The Hall–Kier alpha value is -3.13. The number of carbonyl (C=O) groups is 1. The van der Waals surface area contributed by atoms with Crippen molar-refractivity contribution in [2.45, 2.75) is 27.4 Å². The number of esters is 1. The van der Waals surface area contributed by atoms with Crippen LogP contribution in [0.15, 0.2) is 42.0 Å². The Morgan fingerprint density at radius 3 is 2.50 bits per heavy atom. The van der Waals surface area contributed by atoms with E-state index in [1.54, 1.807) is 19.1 Å². The number of benzene rings is 2. The molecule has 0 aliphatic rings. The van der Waals surface area contributed by atoms with Crippen LogP contribution in [-0.4, -0.2) is 12.6 Å². The van der Waals surface area contributed by atoms with Crippen LogP contribution in [0.25, 0.3) is 6.08 Å². The maximum Gasteiger partial charge on any atom is 0.348 e. The van der Waals surface area contributed by atoms with Crippen LogP contribution < -0.4 is 4.74 Å². The molecule has 0 saturated heterocycles. The molecule has 0 atom stereocenters. The molecule has 0 amide bonds. The van der Waals surface area contributed by atoms with Gasteiger partial charge in [0.2, 0.25) is 0 Å². The van der Waals surface area contributed by atoms with Crippen LogP contribution in [0.2, 0.25) is 0 Å². The number of halogens is 1. The van der Waals surface area contributed by atoms with Gasteiger partial charge in [-0.1, -0.05) is 6.07 Å². The molecule has 2 aromatic carbocycles. The lowest BCUT2D eigenvalue weighted by molar-refractivity contribution is -0.137. The van der Waals surface area contributed by atoms with Gasteiger partial charge in [0.15, 0.2) is 0 Å². The maximum atomic E-state index is 13.0. The summed E-state index contributed by atoms with van der Waals surface area (Å²) in [6.07, 6.45) is 1.52. The van der Waals surface area contributed by atoms with E-state index in [0.29, 0.717) is 12.4 Å². The molecule has 0 N–H and O–H groups in total. The Morgan fingerprint density at radius 1 is 1.19 bits per heavy atom. The molecule has 4 nitrogen and oxygen atoms in total. The normalized spacial score (nSPS) is 11.0. The predicted octanol–water partition coefficient (Wildman–Crippen LogP) is 4.49. The predicted molar refractivity (Wildman–Crippen MR) is 96.9 cm³/mol. The van der Waals surface area contributed by atoms with Crippen molar-refractivity contribution >= 4 is 12.0 Å². The average molecular weight is 353 g/mol. The average Bonchev–Trinajstić information content (AvgIpc) is 2.61. The summed E-state index contributed by atoms with van der Waals surface area (Å²) in [5.41, 5.74) is 3.57. The van der Waals surface area contributed by atoms with Crippen molar-refractivity contribution < 1.29 is 18.7 Å². The molecule has 134 valence electrons. The zero-order valence-electron chi connectivity index (χ0n) is 15.0. The van der Waals surface area contributed by atoms with E-state index in [-0.39, 0.29) is 18.0 Å². The van der Waals surface area contributed by atoms with Crippen LogP contribution in [0.1, 0.15) is 29.2 Å². The summed E-state index contributed by atoms with van der Waals surface area (Å²) in [6.45, 7) is 6.06. The van der Waals surface area contributed by atoms with Crippen LogP contribution in [0.4, 0.5) is 4.39 Å². The second-order valence-corrected chi connectivity index (χ2v) is 5.77. The number of nitrogens with zero attached hydrogens (tertiary/aromatic N) is 1. The summed E-state index contributed by atoms with van der Waals surface area (Å²) in [4.78, 5) is 11.8. The molecule has 5 heteroatoms. The molecule has 0 heterocycles. The Balaban J connectivity index is 2.26. The largest absolute Gasteiger partial charge is 0.489 e. The van der Waals surface area contributed by atoms with E-state index in [9.17, 15) is 14.4 Å². The second kappa shape index (κ2) is 8.82. The van der Waals surface area contributed by atoms with Gasteiger partial charge in [0, 0.05) is 0 Å². The molecular weight excluding hydrogens is 333 g/mol. The van der Waals surface area contributed by atoms with Gasteiger partial charge in [-0.2, -0.15) is 5.26 Å². The molecule has 0 spiro atoms. The fourth-order valence-electron chi connectivity index (χ4n) is 2.42. The number of hydrogen-bond donors (Lipinski definition) is 0. The fourth-order valence-corrected chi connectivity index (χ4v) is 2.42. The number of rotatable bonds is 6. The van der Waals surface area contributed by atoms with Crippen molar-refractivity contribution in [3.8, 4) is 11.8 Å². The molecule has 2 rings (SSSR count).